The largest absolute Gasteiger partial charge is 0.481 e. The fraction of sp³-hybridized carbons (Fsp3) is 0.857. The Morgan fingerprint density at radius 1 is 1.32 bits per heavy atom. The highest BCUT2D eigenvalue weighted by atomic mass is 16.4. The van der Waals surface area contributed by atoms with Crippen molar-refractivity contribution in [1.82, 2.24) is 5.32 Å². The summed E-state index contributed by atoms with van der Waals surface area (Å²) in [6.45, 7) is 2.03. The van der Waals surface area contributed by atoms with Gasteiger partial charge in [-0.25, -0.2) is 0 Å². The second-order valence-electron chi connectivity index (χ2n) is 5.71. The van der Waals surface area contributed by atoms with E-state index in [1.165, 1.54) is 0 Å². The summed E-state index contributed by atoms with van der Waals surface area (Å²) >= 11 is 0. The van der Waals surface area contributed by atoms with Crippen molar-refractivity contribution in [3.05, 3.63) is 0 Å². The Morgan fingerprint density at radius 3 is 2.47 bits per heavy atom. The van der Waals surface area contributed by atoms with Crippen molar-refractivity contribution in [2.24, 2.45) is 5.73 Å². The van der Waals surface area contributed by atoms with Crippen LogP contribution in [-0.4, -0.2) is 28.6 Å². The number of hydrogen-bond acceptors (Lipinski definition) is 3. The molecule has 19 heavy (non-hydrogen) atoms. The third kappa shape index (κ3) is 5.59. The quantitative estimate of drug-likeness (QED) is 0.657. The van der Waals surface area contributed by atoms with Gasteiger partial charge in [-0.2, -0.15) is 0 Å². The van der Waals surface area contributed by atoms with E-state index in [0.717, 1.165) is 44.9 Å². The standard InChI is InChI=1S/C14H26N2O3/c1-2-6-11(15)9-12(17)16-14(10-13(18)19)7-4-3-5-8-14/h11H,2-10,15H2,1H3,(H,16,17)(H,18,19). The maximum atomic E-state index is 12.0. The van der Waals surface area contributed by atoms with Crippen LogP contribution in [-0.2, 0) is 9.59 Å². The van der Waals surface area contributed by atoms with Crippen LogP contribution in [0.2, 0.25) is 0 Å². The van der Waals surface area contributed by atoms with Gasteiger partial charge in [-0.1, -0.05) is 32.6 Å². The second-order valence-corrected chi connectivity index (χ2v) is 5.71. The summed E-state index contributed by atoms with van der Waals surface area (Å²) in [6.07, 6.45) is 6.67. The molecule has 0 bridgehead atoms. The lowest BCUT2D eigenvalue weighted by molar-refractivity contribution is -0.139. The molecule has 0 spiro atoms. The lowest BCUT2D eigenvalue weighted by Gasteiger charge is -2.37. The van der Waals surface area contributed by atoms with Crippen LogP contribution in [0.25, 0.3) is 0 Å². The third-order valence-corrected chi connectivity index (χ3v) is 3.81. The molecule has 5 nitrogen and oxygen atoms in total. The molecule has 0 heterocycles. The number of carboxylic acids is 1. The molecule has 0 aromatic heterocycles. The third-order valence-electron chi connectivity index (χ3n) is 3.81. The molecule has 1 saturated carbocycles. The second kappa shape index (κ2) is 7.48. The summed E-state index contributed by atoms with van der Waals surface area (Å²) < 4.78 is 0. The molecule has 4 N–H and O–H groups in total. The average molecular weight is 270 g/mol. The highest BCUT2D eigenvalue weighted by Gasteiger charge is 2.35. The molecule has 1 atom stereocenters. The first kappa shape index (κ1) is 16.0. The van der Waals surface area contributed by atoms with Crippen LogP contribution >= 0.6 is 0 Å². The molecule has 0 saturated heterocycles. The molecular formula is C14H26N2O3. The first-order valence-electron chi connectivity index (χ1n) is 7.26. The monoisotopic (exact) mass is 270 g/mol. The fourth-order valence-electron chi connectivity index (χ4n) is 2.92. The van der Waals surface area contributed by atoms with Gasteiger partial charge in [0, 0.05) is 12.5 Å². The van der Waals surface area contributed by atoms with E-state index in [0.29, 0.717) is 0 Å². The normalized spacial score (nSPS) is 19.7. The lowest BCUT2D eigenvalue weighted by Crippen LogP contribution is -2.52. The van der Waals surface area contributed by atoms with E-state index < -0.39 is 11.5 Å². The summed E-state index contributed by atoms with van der Waals surface area (Å²) in [4.78, 5) is 23.0. The van der Waals surface area contributed by atoms with Crippen LogP contribution in [0.15, 0.2) is 0 Å². The van der Waals surface area contributed by atoms with Gasteiger partial charge in [-0.05, 0) is 19.3 Å². The van der Waals surface area contributed by atoms with Crippen LogP contribution < -0.4 is 11.1 Å². The van der Waals surface area contributed by atoms with Gasteiger partial charge in [0.25, 0.3) is 0 Å². The molecule has 1 aliphatic carbocycles. The fourth-order valence-corrected chi connectivity index (χ4v) is 2.92. The Labute approximate surface area is 114 Å². The minimum atomic E-state index is -0.847. The Balaban J connectivity index is 2.56. The minimum Gasteiger partial charge on any atom is -0.481 e. The van der Waals surface area contributed by atoms with E-state index in [1.807, 2.05) is 6.92 Å². The van der Waals surface area contributed by atoms with Gasteiger partial charge in [0.05, 0.1) is 12.0 Å². The number of amides is 1. The minimum absolute atomic E-state index is 0.0156. The molecule has 1 unspecified atom stereocenters. The zero-order chi connectivity index (χ0) is 14.3. The molecule has 110 valence electrons. The van der Waals surface area contributed by atoms with Crippen molar-refractivity contribution in [2.45, 2.75) is 76.3 Å². The number of carboxylic acid groups (broad SMARTS) is 1. The van der Waals surface area contributed by atoms with E-state index in [9.17, 15) is 9.59 Å². The first-order valence-corrected chi connectivity index (χ1v) is 7.26. The van der Waals surface area contributed by atoms with E-state index >= 15 is 0 Å². The van der Waals surface area contributed by atoms with Crippen molar-refractivity contribution >= 4 is 11.9 Å². The highest BCUT2D eigenvalue weighted by Crippen LogP contribution is 2.31. The molecule has 1 fully saturated rings. The van der Waals surface area contributed by atoms with E-state index in [4.69, 9.17) is 10.8 Å². The van der Waals surface area contributed by atoms with Crippen LogP contribution in [0.5, 0.6) is 0 Å². The summed E-state index contributed by atoms with van der Waals surface area (Å²) in [5.74, 6) is -0.954. The van der Waals surface area contributed by atoms with Crippen LogP contribution in [0, 0.1) is 0 Å². The van der Waals surface area contributed by atoms with Gasteiger partial charge < -0.3 is 16.2 Å². The zero-order valence-electron chi connectivity index (χ0n) is 11.8. The van der Waals surface area contributed by atoms with Gasteiger partial charge in [-0.3, -0.25) is 9.59 Å². The number of nitrogens with two attached hydrogens (primary N) is 1. The van der Waals surface area contributed by atoms with Gasteiger partial charge >= 0.3 is 5.97 Å². The number of carbonyl (C=O) groups excluding carboxylic acids is 1. The van der Waals surface area contributed by atoms with Crippen molar-refractivity contribution in [1.29, 1.82) is 0 Å². The summed E-state index contributed by atoms with van der Waals surface area (Å²) in [7, 11) is 0. The van der Waals surface area contributed by atoms with Crippen molar-refractivity contribution in [3.8, 4) is 0 Å². The number of carbonyl (C=O) groups is 2. The van der Waals surface area contributed by atoms with E-state index in [2.05, 4.69) is 5.32 Å². The molecule has 0 aromatic rings. The Bertz CT molecular complexity index is 312. The molecule has 0 aliphatic heterocycles. The van der Waals surface area contributed by atoms with Crippen LogP contribution in [0.4, 0.5) is 0 Å². The topological polar surface area (TPSA) is 92.4 Å². The van der Waals surface area contributed by atoms with E-state index in [-0.39, 0.29) is 24.8 Å². The lowest BCUT2D eigenvalue weighted by atomic mass is 9.79. The predicted molar refractivity (Wildman–Crippen MR) is 73.7 cm³/mol. The number of rotatable bonds is 7. The molecule has 0 radical (unpaired) electrons. The van der Waals surface area contributed by atoms with Crippen molar-refractivity contribution < 1.29 is 14.7 Å². The Hall–Kier alpha value is -1.10. The summed E-state index contributed by atoms with van der Waals surface area (Å²) in [6, 6.07) is -0.129. The Morgan fingerprint density at radius 2 is 1.95 bits per heavy atom. The number of nitrogens with one attached hydrogen (secondary N) is 1. The van der Waals surface area contributed by atoms with Crippen LogP contribution in [0.1, 0.15) is 64.7 Å². The summed E-state index contributed by atoms with van der Waals surface area (Å²) in [5, 5.41) is 12.0. The summed E-state index contributed by atoms with van der Waals surface area (Å²) in [5.41, 5.74) is 5.31. The molecular weight excluding hydrogens is 244 g/mol. The SMILES string of the molecule is CCCC(N)CC(=O)NC1(CC(=O)O)CCCCC1. The Kier molecular flexibility index (Phi) is 6.28. The van der Waals surface area contributed by atoms with E-state index in [1.54, 1.807) is 0 Å². The smallest absolute Gasteiger partial charge is 0.305 e. The van der Waals surface area contributed by atoms with Crippen molar-refractivity contribution in [2.75, 3.05) is 0 Å². The van der Waals surface area contributed by atoms with Gasteiger partial charge in [0.2, 0.25) is 5.91 Å². The average Bonchev–Trinajstić information content (AvgIpc) is 2.28. The molecule has 1 amide bonds. The first-order chi connectivity index (χ1) is 8.97. The number of aliphatic carboxylic acids is 1. The zero-order valence-corrected chi connectivity index (χ0v) is 11.8. The number of hydrogen-bond donors (Lipinski definition) is 3. The molecule has 0 aromatic carbocycles. The molecule has 1 aliphatic rings. The molecule has 5 heteroatoms. The maximum absolute atomic E-state index is 12.0. The van der Waals surface area contributed by atoms with Gasteiger partial charge in [0.1, 0.15) is 0 Å². The maximum Gasteiger partial charge on any atom is 0.305 e. The van der Waals surface area contributed by atoms with Crippen molar-refractivity contribution in [3.63, 3.8) is 0 Å². The van der Waals surface area contributed by atoms with Crippen LogP contribution in [0.3, 0.4) is 0 Å². The van der Waals surface area contributed by atoms with Gasteiger partial charge in [0.15, 0.2) is 0 Å². The predicted octanol–water partition coefficient (Wildman–Crippen LogP) is 1.80. The molecule has 1 rings (SSSR count). The van der Waals surface area contributed by atoms with Gasteiger partial charge in [-0.15, -0.1) is 0 Å². The highest BCUT2D eigenvalue weighted by molar-refractivity contribution is 5.78.